The lowest BCUT2D eigenvalue weighted by Crippen LogP contribution is -2.29. The zero-order valence-electron chi connectivity index (χ0n) is 13.6. The second kappa shape index (κ2) is 5.96. The first-order valence-electron chi connectivity index (χ1n) is 8.13. The van der Waals surface area contributed by atoms with E-state index in [2.05, 4.69) is 45.0 Å². The van der Waals surface area contributed by atoms with Gasteiger partial charge in [0.25, 0.3) is 5.91 Å². The summed E-state index contributed by atoms with van der Waals surface area (Å²) >= 11 is 0. The first kappa shape index (κ1) is 14.8. The molecule has 114 valence electrons. The van der Waals surface area contributed by atoms with E-state index in [-0.39, 0.29) is 11.9 Å². The minimum Gasteiger partial charge on any atom is -0.300 e. The van der Waals surface area contributed by atoms with Crippen molar-refractivity contribution in [1.82, 2.24) is 0 Å². The zero-order valence-corrected chi connectivity index (χ0v) is 13.6. The van der Waals surface area contributed by atoms with Crippen molar-refractivity contribution < 1.29 is 4.79 Å². The second-order valence-corrected chi connectivity index (χ2v) is 6.16. The largest absolute Gasteiger partial charge is 0.300 e. The molecule has 3 rings (SSSR count). The van der Waals surface area contributed by atoms with Gasteiger partial charge in [0.2, 0.25) is 0 Å². The van der Waals surface area contributed by atoms with Gasteiger partial charge in [0.1, 0.15) is 0 Å². The molecule has 2 heteroatoms. The van der Waals surface area contributed by atoms with E-state index in [0.717, 1.165) is 30.5 Å². The van der Waals surface area contributed by atoms with Gasteiger partial charge in [0.05, 0.1) is 11.7 Å². The maximum Gasteiger partial charge on any atom is 0.259 e. The molecular formula is C20H23NO. The van der Waals surface area contributed by atoms with Gasteiger partial charge < -0.3 is 4.90 Å². The van der Waals surface area contributed by atoms with E-state index in [1.165, 1.54) is 16.7 Å². The third-order valence-corrected chi connectivity index (χ3v) is 4.59. The molecule has 1 amide bonds. The normalized spacial score (nSPS) is 17.0. The van der Waals surface area contributed by atoms with Gasteiger partial charge in [-0.05, 0) is 43.0 Å². The van der Waals surface area contributed by atoms with Gasteiger partial charge in [-0.1, -0.05) is 56.2 Å². The average molecular weight is 293 g/mol. The molecule has 1 heterocycles. The van der Waals surface area contributed by atoms with E-state index >= 15 is 0 Å². The Balaban J connectivity index is 2.12. The fourth-order valence-corrected chi connectivity index (χ4v) is 3.52. The van der Waals surface area contributed by atoms with E-state index in [9.17, 15) is 4.79 Å². The maximum atomic E-state index is 13.0. The third-order valence-electron chi connectivity index (χ3n) is 4.59. The highest BCUT2D eigenvalue weighted by Crippen LogP contribution is 2.42. The summed E-state index contributed by atoms with van der Waals surface area (Å²) in [5.41, 5.74) is 5.48. The fourth-order valence-electron chi connectivity index (χ4n) is 3.52. The number of para-hydroxylation sites is 1. The fraction of sp³-hybridized carbons (Fsp3) is 0.350. The number of hydrogen-bond donors (Lipinski definition) is 0. The van der Waals surface area contributed by atoms with Gasteiger partial charge in [-0.15, -0.1) is 0 Å². The van der Waals surface area contributed by atoms with Gasteiger partial charge in [0, 0.05) is 5.56 Å². The molecule has 2 nitrogen and oxygen atoms in total. The minimum atomic E-state index is 0.147. The molecule has 1 aliphatic rings. The number of aryl methyl sites for hydroxylation is 2. The molecule has 0 radical (unpaired) electrons. The van der Waals surface area contributed by atoms with Crippen molar-refractivity contribution in [2.45, 2.75) is 46.1 Å². The lowest BCUT2D eigenvalue weighted by Gasteiger charge is -2.28. The topological polar surface area (TPSA) is 20.3 Å². The van der Waals surface area contributed by atoms with Crippen LogP contribution in [0, 0.1) is 13.8 Å². The number of hydrogen-bond acceptors (Lipinski definition) is 1. The summed E-state index contributed by atoms with van der Waals surface area (Å²) in [6.07, 6.45) is 3.30. The van der Waals surface area contributed by atoms with Crippen LogP contribution in [0.1, 0.15) is 59.3 Å². The molecule has 22 heavy (non-hydrogen) atoms. The Hall–Kier alpha value is -2.09. The molecule has 2 aromatic rings. The Kier molecular flexibility index (Phi) is 4.02. The highest BCUT2D eigenvalue weighted by molar-refractivity contribution is 6.11. The third kappa shape index (κ3) is 2.33. The van der Waals surface area contributed by atoms with Crippen LogP contribution < -0.4 is 4.90 Å². The highest BCUT2D eigenvalue weighted by Gasteiger charge is 2.37. The second-order valence-electron chi connectivity index (χ2n) is 6.16. The van der Waals surface area contributed by atoms with E-state index in [1.54, 1.807) is 0 Å². The lowest BCUT2D eigenvalue weighted by atomic mass is 9.99. The lowest BCUT2D eigenvalue weighted by molar-refractivity contribution is 0.0990. The standard InChI is InChI=1S/C20H23NO/c1-4-5-13-18-16-11-6-7-12-17(16)20(22)21(18)19-14(2)9-8-10-15(19)3/h6-12,18H,4-5,13H2,1-3H3. The Morgan fingerprint density at radius 1 is 1.00 bits per heavy atom. The quantitative estimate of drug-likeness (QED) is 0.759. The van der Waals surface area contributed by atoms with Crippen molar-refractivity contribution in [3.05, 3.63) is 64.7 Å². The van der Waals surface area contributed by atoms with Crippen molar-refractivity contribution in [2.24, 2.45) is 0 Å². The molecule has 2 aromatic carbocycles. The molecule has 0 aliphatic carbocycles. The van der Waals surface area contributed by atoms with Gasteiger partial charge in [-0.2, -0.15) is 0 Å². The zero-order chi connectivity index (χ0) is 15.7. The Morgan fingerprint density at radius 3 is 2.36 bits per heavy atom. The molecule has 0 N–H and O–H groups in total. The highest BCUT2D eigenvalue weighted by atomic mass is 16.2. The Bertz CT molecular complexity index is 684. The van der Waals surface area contributed by atoms with Crippen LogP contribution in [-0.4, -0.2) is 5.91 Å². The number of nitrogens with zero attached hydrogens (tertiary/aromatic N) is 1. The summed E-state index contributed by atoms with van der Waals surface area (Å²) in [4.78, 5) is 15.0. The predicted molar refractivity (Wildman–Crippen MR) is 91.4 cm³/mol. The maximum absolute atomic E-state index is 13.0. The van der Waals surface area contributed by atoms with Crippen LogP contribution in [0.3, 0.4) is 0 Å². The van der Waals surface area contributed by atoms with Crippen LogP contribution in [0.4, 0.5) is 5.69 Å². The van der Waals surface area contributed by atoms with Gasteiger partial charge in [0.15, 0.2) is 0 Å². The number of amides is 1. The summed E-state index contributed by atoms with van der Waals surface area (Å²) in [6, 6.07) is 14.5. The van der Waals surface area contributed by atoms with Crippen LogP contribution in [0.15, 0.2) is 42.5 Å². The summed E-state index contributed by atoms with van der Waals surface area (Å²) in [5, 5.41) is 0. The molecule has 0 saturated heterocycles. The molecule has 0 spiro atoms. The van der Waals surface area contributed by atoms with Crippen LogP contribution in [0.25, 0.3) is 0 Å². The molecular weight excluding hydrogens is 270 g/mol. The monoisotopic (exact) mass is 293 g/mol. The molecule has 0 saturated carbocycles. The van der Waals surface area contributed by atoms with E-state index in [4.69, 9.17) is 0 Å². The SMILES string of the molecule is CCCCC1c2ccccc2C(=O)N1c1c(C)cccc1C. The number of rotatable bonds is 4. The van der Waals surface area contributed by atoms with E-state index in [0.29, 0.717) is 0 Å². The van der Waals surface area contributed by atoms with Crippen LogP contribution >= 0.6 is 0 Å². The van der Waals surface area contributed by atoms with E-state index < -0.39 is 0 Å². The van der Waals surface area contributed by atoms with Crippen molar-refractivity contribution in [2.75, 3.05) is 4.90 Å². The van der Waals surface area contributed by atoms with Crippen LogP contribution in [-0.2, 0) is 0 Å². The number of fused-ring (bicyclic) bond motifs is 1. The predicted octanol–water partition coefficient (Wildman–Crippen LogP) is 5.20. The molecule has 1 atom stereocenters. The van der Waals surface area contributed by atoms with Crippen LogP contribution in [0.2, 0.25) is 0 Å². The number of carbonyl (C=O) groups is 1. The summed E-state index contributed by atoms with van der Waals surface area (Å²) in [7, 11) is 0. The molecule has 1 aliphatic heterocycles. The average Bonchev–Trinajstić information content (AvgIpc) is 2.79. The minimum absolute atomic E-state index is 0.147. The first-order chi connectivity index (χ1) is 10.6. The molecule has 1 unspecified atom stereocenters. The number of carbonyl (C=O) groups excluding carboxylic acids is 1. The number of benzene rings is 2. The molecule has 0 fully saturated rings. The van der Waals surface area contributed by atoms with Crippen molar-refractivity contribution in [1.29, 1.82) is 0 Å². The van der Waals surface area contributed by atoms with Crippen molar-refractivity contribution >= 4 is 11.6 Å². The summed E-state index contributed by atoms with van der Waals surface area (Å²) < 4.78 is 0. The van der Waals surface area contributed by atoms with E-state index in [1.807, 2.05) is 23.1 Å². The van der Waals surface area contributed by atoms with Crippen LogP contribution in [0.5, 0.6) is 0 Å². The summed E-state index contributed by atoms with van der Waals surface area (Å²) in [6.45, 7) is 6.39. The molecule has 0 aromatic heterocycles. The Morgan fingerprint density at radius 2 is 1.68 bits per heavy atom. The van der Waals surface area contributed by atoms with Crippen molar-refractivity contribution in [3.63, 3.8) is 0 Å². The Labute approximate surface area is 132 Å². The van der Waals surface area contributed by atoms with Gasteiger partial charge in [-0.3, -0.25) is 4.79 Å². The van der Waals surface area contributed by atoms with Gasteiger partial charge >= 0.3 is 0 Å². The number of unbranched alkanes of at least 4 members (excludes halogenated alkanes) is 1. The smallest absolute Gasteiger partial charge is 0.259 e. The van der Waals surface area contributed by atoms with Gasteiger partial charge in [-0.25, -0.2) is 0 Å². The summed E-state index contributed by atoms with van der Waals surface area (Å²) in [5.74, 6) is 0.147. The molecule has 0 bridgehead atoms. The first-order valence-corrected chi connectivity index (χ1v) is 8.13. The van der Waals surface area contributed by atoms with Crippen molar-refractivity contribution in [3.8, 4) is 0 Å². The number of anilines is 1.